The van der Waals surface area contributed by atoms with E-state index in [1.165, 1.54) is 18.4 Å². The summed E-state index contributed by atoms with van der Waals surface area (Å²) >= 11 is 1.31. The van der Waals surface area contributed by atoms with Gasteiger partial charge in [0.05, 0.1) is 35.1 Å². The van der Waals surface area contributed by atoms with Crippen LogP contribution in [0.2, 0.25) is 0 Å². The Labute approximate surface area is 189 Å². The number of ether oxygens (including phenoxy) is 2. The van der Waals surface area contributed by atoms with Crippen LogP contribution in [0.5, 0.6) is 5.75 Å². The van der Waals surface area contributed by atoms with Crippen LogP contribution >= 0.6 is 11.3 Å². The van der Waals surface area contributed by atoms with Gasteiger partial charge in [0.15, 0.2) is 4.80 Å². The van der Waals surface area contributed by atoms with Crippen molar-refractivity contribution in [2.45, 2.75) is 32.9 Å². The van der Waals surface area contributed by atoms with Crippen LogP contribution in [0.3, 0.4) is 0 Å². The molecule has 1 aliphatic heterocycles. The molecule has 0 radical (unpaired) electrons. The fourth-order valence-electron chi connectivity index (χ4n) is 3.71. The van der Waals surface area contributed by atoms with Crippen LogP contribution in [0, 0.1) is 0 Å². The van der Waals surface area contributed by atoms with Crippen LogP contribution in [0.1, 0.15) is 37.9 Å². The summed E-state index contributed by atoms with van der Waals surface area (Å²) in [6, 6.07) is 16.5. The number of carbonyl (C=O) groups excluding carboxylic acids is 1. The number of hydrogen-bond acceptors (Lipinski definition) is 6. The van der Waals surface area contributed by atoms with Crippen molar-refractivity contribution in [1.29, 1.82) is 0 Å². The summed E-state index contributed by atoms with van der Waals surface area (Å²) in [6.45, 7) is 5.72. The molecule has 0 saturated heterocycles. The number of fused-ring (bicyclic) bond motifs is 1. The Morgan fingerprint density at radius 2 is 1.81 bits per heavy atom. The summed E-state index contributed by atoms with van der Waals surface area (Å²) in [4.78, 5) is 31.2. The lowest BCUT2D eigenvalue weighted by Gasteiger charge is -2.24. The summed E-state index contributed by atoms with van der Waals surface area (Å²) in [5.41, 5.74) is 2.43. The molecule has 4 rings (SSSR count). The van der Waals surface area contributed by atoms with Crippen molar-refractivity contribution in [2.24, 2.45) is 4.99 Å². The standard InChI is InChI=1S/C25H24N2O4S/c1-15(2)31-19-12-10-17(11-13-19)14-20-23(28)27-22(18-8-6-5-7-9-18)21(24(29)30-4)16(3)26-25(27)32-20/h5-15,22H,1-4H3/t22-/m0/s1. The second-order valence-corrected chi connectivity index (χ2v) is 8.73. The molecule has 0 N–H and O–H groups in total. The summed E-state index contributed by atoms with van der Waals surface area (Å²) in [6.07, 6.45) is 1.93. The Balaban J connectivity index is 1.85. The van der Waals surface area contributed by atoms with Crippen LogP contribution in [-0.2, 0) is 9.53 Å². The largest absolute Gasteiger partial charge is 0.491 e. The summed E-state index contributed by atoms with van der Waals surface area (Å²) in [5.74, 6) is 0.288. The maximum absolute atomic E-state index is 13.5. The molecule has 3 aromatic rings. The normalized spacial score (nSPS) is 16.0. The molecule has 1 atom stereocenters. The lowest BCUT2D eigenvalue weighted by Crippen LogP contribution is -2.39. The molecule has 0 aliphatic carbocycles. The third-order valence-corrected chi connectivity index (χ3v) is 6.07. The van der Waals surface area contributed by atoms with Gasteiger partial charge in [-0.1, -0.05) is 53.8 Å². The molecule has 2 heterocycles. The Bertz CT molecular complexity index is 1350. The van der Waals surface area contributed by atoms with Crippen molar-refractivity contribution in [2.75, 3.05) is 7.11 Å². The molecule has 0 amide bonds. The number of carbonyl (C=O) groups is 1. The first-order valence-electron chi connectivity index (χ1n) is 10.3. The van der Waals surface area contributed by atoms with Gasteiger partial charge < -0.3 is 9.47 Å². The fourth-order valence-corrected chi connectivity index (χ4v) is 4.76. The first-order chi connectivity index (χ1) is 15.4. The van der Waals surface area contributed by atoms with Crippen LogP contribution in [0.25, 0.3) is 6.08 Å². The molecular weight excluding hydrogens is 424 g/mol. The maximum atomic E-state index is 13.5. The Morgan fingerprint density at radius 3 is 2.44 bits per heavy atom. The first-order valence-corrected chi connectivity index (χ1v) is 11.1. The molecule has 0 fully saturated rings. The van der Waals surface area contributed by atoms with E-state index in [0.717, 1.165) is 16.9 Å². The number of rotatable bonds is 5. The number of aromatic nitrogens is 1. The first kappa shape index (κ1) is 21.8. The van der Waals surface area contributed by atoms with Crippen LogP contribution in [0.15, 0.2) is 75.7 Å². The van der Waals surface area contributed by atoms with Crippen molar-refractivity contribution in [3.05, 3.63) is 96.7 Å². The molecule has 0 spiro atoms. The average molecular weight is 449 g/mol. The lowest BCUT2D eigenvalue weighted by atomic mass is 9.96. The minimum atomic E-state index is -0.594. The molecular formula is C25H24N2O4S. The summed E-state index contributed by atoms with van der Waals surface area (Å²) < 4.78 is 12.8. The van der Waals surface area contributed by atoms with E-state index in [1.807, 2.05) is 74.5 Å². The van der Waals surface area contributed by atoms with E-state index in [4.69, 9.17) is 9.47 Å². The van der Waals surface area contributed by atoms with Crippen LogP contribution in [-0.4, -0.2) is 23.8 Å². The number of hydrogen-bond donors (Lipinski definition) is 0. The quantitative estimate of drug-likeness (QED) is 0.562. The topological polar surface area (TPSA) is 69.9 Å². The smallest absolute Gasteiger partial charge is 0.338 e. The molecule has 164 valence electrons. The zero-order chi connectivity index (χ0) is 22.8. The predicted octanol–water partition coefficient (Wildman–Crippen LogP) is 3.20. The number of methoxy groups -OCH3 is 1. The van der Waals surface area contributed by atoms with Crippen LogP contribution in [0.4, 0.5) is 0 Å². The van der Waals surface area contributed by atoms with Gasteiger partial charge in [-0.3, -0.25) is 9.36 Å². The van der Waals surface area contributed by atoms with Gasteiger partial charge in [-0.05, 0) is 50.1 Å². The van der Waals surface area contributed by atoms with Crippen molar-refractivity contribution in [3.8, 4) is 5.75 Å². The minimum Gasteiger partial charge on any atom is -0.491 e. The van der Waals surface area contributed by atoms with E-state index in [9.17, 15) is 9.59 Å². The second kappa shape index (κ2) is 8.96. The van der Waals surface area contributed by atoms with E-state index in [-0.39, 0.29) is 11.7 Å². The van der Waals surface area contributed by atoms with E-state index >= 15 is 0 Å². The SMILES string of the molecule is COC(=O)C1=C(C)N=c2sc(=Cc3ccc(OC(C)C)cc3)c(=O)n2[C@H]1c1ccccc1. The Hall–Kier alpha value is -3.45. The lowest BCUT2D eigenvalue weighted by molar-refractivity contribution is -0.136. The third kappa shape index (κ3) is 4.16. The maximum Gasteiger partial charge on any atom is 0.338 e. The van der Waals surface area contributed by atoms with Gasteiger partial charge in [0, 0.05) is 0 Å². The third-order valence-electron chi connectivity index (χ3n) is 5.09. The van der Waals surface area contributed by atoms with Gasteiger partial charge in [0.1, 0.15) is 5.75 Å². The molecule has 7 heteroatoms. The summed E-state index contributed by atoms with van der Waals surface area (Å²) in [7, 11) is 1.34. The van der Waals surface area contributed by atoms with Gasteiger partial charge in [0.2, 0.25) is 0 Å². The summed E-state index contributed by atoms with van der Waals surface area (Å²) in [5, 5.41) is 0. The average Bonchev–Trinajstić information content (AvgIpc) is 3.08. The van der Waals surface area contributed by atoms with Crippen LogP contribution < -0.4 is 19.6 Å². The zero-order valence-corrected chi connectivity index (χ0v) is 19.2. The Kier molecular flexibility index (Phi) is 6.10. The van der Waals surface area contributed by atoms with Gasteiger partial charge in [0.25, 0.3) is 5.56 Å². The van der Waals surface area contributed by atoms with E-state index in [1.54, 1.807) is 11.5 Å². The molecule has 0 saturated carbocycles. The molecule has 0 bridgehead atoms. The van der Waals surface area contributed by atoms with Crippen molar-refractivity contribution >= 4 is 23.4 Å². The molecule has 6 nitrogen and oxygen atoms in total. The molecule has 0 unspecified atom stereocenters. The molecule has 32 heavy (non-hydrogen) atoms. The molecule has 2 aromatic carbocycles. The number of benzene rings is 2. The van der Waals surface area contributed by atoms with Gasteiger partial charge in [-0.2, -0.15) is 0 Å². The monoisotopic (exact) mass is 448 g/mol. The minimum absolute atomic E-state index is 0.0924. The molecule has 1 aliphatic rings. The van der Waals surface area contributed by atoms with Gasteiger partial charge in [-0.25, -0.2) is 9.79 Å². The number of thiazole rings is 1. The van der Waals surface area contributed by atoms with E-state index in [2.05, 4.69) is 4.99 Å². The van der Waals surface area contributed by atoms with E-state index in [0.29, 0.717) is 20.6 Å². The number of allylic oxidation sites excluding steroid dienone is 1. The second-order valence-electron chi connectivity index (χ2n) is 7.72. The van der Waals surface area contributed by atoms with Gasteiger partial charge >= 0.3 is 5.97 Å². The van der Waals surface area contributed by atoms with Crippen molar-refractivity contribution in [3.63, 3.8) is 0 Å². The van der Waals surface area contributed by atoms with Gasteiger partial charge in [-0.15, -0.1) is 0 Å². The fraction of sp³-hybridized carbons (Fsp3) is 0.240. The zero-order valence-electron chi connectivity index (χ0n) is 18.4. The highest BCUT2D eigenvalue weighted by Gasteiger charge is 2.32. The van der Waals surface area contributed by atoms with Crippen molar-refractivity contribution in [1.82, 2.24) is 4.57 Å². The Morgan fingerprint density at radius 1 is 1.12 bits per heavy atom. The highest BCUT2D eigenvalue weighted by Crippen LogP contribution is 2.30. The van der Waals surface area contributed by atoms with Crippen molar-refractivity contribution < 1.29 is 14.3 Å². The predicted molar refractivity (Wildman–Crippen MR) is 124 cm³/mol. The van der Waals surface area contributed by atoms with E-state index < -0.39 is 12.0 Å². The highest BCUT2D eigenvalue weighted by molar-refractivity contribution is 7.07. The number of esters is 1. The highest BCUT2D eigenvalue weighted by atomic mass is 32.1. The molecule has 1 aromatic heterocycles. The number of nitrogens with zero attached hydrogens (tertiary/aromatic N) is 2.